The molecule has 1 aliphatic heterocycles. The lowest BCUT2D eigenvalue weighted by molar-refractivity contribution is -0.131. The van der Waals surface area contributed by atoms with Crippen LogP contribution in [0.5, 0.6) is 5.75 Å². The largest absolute Gasteiger partial charge is 0.426 e. The summed E-state index contributed by atoms with van der Waals surface area (Å²) < 4.78 is 5.01. The number of hydrogen-bond donors (Lipinski definition) is 0. The predicted octanol–water partition coefficient (Wildman–Crippen LogP) is 1.50. The maximum atomic E-state index is 11.3. The van der Waals surface area contributed by atoms with E-state index in [1.807, 2.05) is 17.0 Å². The van der Waals surface area contributed by atoms with Gasteiger partial charge in [-0.2, -0.15) is 0 Å². The van der Waals surface area contributed by atoms with Crippen LogP contribution in [0, 0.1) is 0 Å². The number of anilines is 1. The molecule has 20 heavy (non-hydrogen) atoms. The molecule has 1 aromatic rings. The molecule has 1 aliphatic rings. The summed E-state index contributed by atoms with van der Waals surface area (Å²) in [5.74, 6) is -0.0152. The molecule has 108 valence electrons. The minimum atomic E-state index is -0.463. The average Bonchev–Trinajstić information content (AvgIpc) is 2.48. The molecule has 0 atom stereocenters. The Hall–Kier alpha value is -1.75. The second kappa shape index (κ2) is 6.61. The molecule has 1 saturated heterocycles. The van der Waals surface area contributed by atoms with Crippen LogP contribution in [0.2, 0.25) is 0 Å². The van der Waals surface area contributed by atoms with Gasteiger partial charge in [0.05, 0.1) is 0 Å². The molecule has 1 amide bonds. The maximum absolute atomic E-state index is 11.3. The highest BCUT2D eigenvalue weighted by Gasteiger charge is 2.18. The van der Waals surface area contributed by atoms with Gasteiger partial charge in [0.2, 0.25) is 5.91 Å². The highest BCUT2D eigenvalue weighted by Crippen LogP contribution is 2.21. The average molecular weight is 297 g/mol. The van der Waals surface area contributed by atoms with Gasteiger partial charge in [-0.05, 0) is 24.3 Å². The number of piperazine rings is 1. The van der Waals surface area contributed by atoms with Crippen molar-refractivity contribution in [2.75, 3.05) is 37.0 Å². The van der Waals surface area contributed by atoms with Gasteiger partial charge in [0.15, 0.2) is 0 Å². The molecule has 0 unspecified atom stereocenters. The number of alkyl halides is 1. The fraction of sp³-hybridized carbons (Fsp3) is 0.429. The molecule has 1 aromatic carbocycles. The van der Waals surface area contributed by atoms with Gasteiger partial charge in [-0.1, -0.05) is 0 Å². The van der Waals surface area contributed by atoms with Crippen LogP contribution in [0.1, 0.15) is 6.92 Å². The van der Waals surface area contributed by atoms with Gasteiger partial charge in [0.1, 0.15) is 11.6 Å². The van der Waals surface area contributed by atoms with Crippen LogP contribution in [0.15, 0.2) is 24.3 Å². The molecule has 5 nitrogen and oxygen atoms in total. The Kier molecular flexibility index (Phi) is 4.84. The van der Waals surface area contributed by atoms with E-state index in [2.05, 4.69) is 4.90 Å². The van der Waals surface area contributed by atoms with E-state index >= 15 is 0 Å². The summed E-state index contributed by atoms with van der Waals surface area (Å²) in [6, 6.07) is 7.30. The van der Waals surface area contributed by atoms with Crippen LogP contribution < -0.4 is 9.64 Å². The molecule has 6 heteroatoms. The summed E-state index contributed by atoms with van der Waals surface area (Å²) in [6.07, 6.45) is 0. The van der Waals surface area contributed by atoms with Crippen LogP contribution in [0.4, 0.5) is 5.69 Å². The standard InChI is InChI=1S/C14H17ClN2O3/c1-11(18)16-6-8-17(9-7-16)12-2-4-13(5-3-12)20-14(19)10-15/h2-5H,6-10H2,1H3. The number of halogens is 1. The zero-order valence-corrected chi connectivity index (χ0v) is 12.1. The molecule has 0 spiro atoms. The first kappa shape index (κ1) is 14.7. The van der Waals surface area contributed by atoms with Crippen LogP contribution in [-0.2, 0) is 9.59 Å². The van der Waals surface area contributed by atoms with Crippen molar-refractivity contribution in [1.82, 2.24) is 4.90 Å². The van der Waals surface area contributed by atoms with E-state index < -0.39 is 5.97 Å². The SMILES string of the molecule is CC(=O)N1CCN(c2ccc(OC(=O)CCl)cc2)CC1. The number of ether oxygens (including phenoxy) is 1. The fourth-order valence-corrected chi connectivity index (χ4v) is 2.22. The first-order valence-electron chi connectivity index (χ1n) is 6.47. The smallest absolute Gasteiger partial charge is 0.326 e. The first-order chi connectivity index (χ1) is 9.60. The normalized spacial score (nSPS) is 15.1. The number of amides is 1. The Morgan fingerprint density at radius 3 is 2.25 bits per heavy atom. The van der Waals surface area contributed by atoms with Crippen molar-refractivity contribution >= 4 is 29.2 Å². The zero-order chi connectivity index (χ0) is 14.5. The van der Waals surface area contributed by atoms with Crippen LogP contribution in [-0.4, -0.2) is 48.8 Å². The van der Waals surface area contributed by atoms with Crippen molar-refractivity contribution in [3.05, 3.63) is 24.3 Å². The van der Waals surface area contributed by atoms with E-state index in [0.29, 0.717) is 5.75 Å². The van der Waals surface area contributed by atoms with E-state index in [1.54, 1.807) is 19.1 Å². The molecule has 1 fully saturated rings. The lowest BCUT2D eigenvalue weighted by Gasteiger charge is -2.35. The minimum Gasteiger partial charge on any atom is -0.426 e. The lowest BCUT2D eigenvalue weighted by Crippen LogP contribution is -2.48. The fourth-order valence-electron chi connectivity index (χ4n) is 2.16. The Morgan fingerprint density at radius 2 is 1.75 bits per heavy atom. The van der Waals surface area contributed by atoms with E-state index in [1.165, 1.54) is 0 Å². The molecular formula is C14H17ClN2O3. The number of carbonyl (C=O) groups excluding carboxylic acids is 2. The number of nitrogens with zero attached hydrogens (tertiary/aromatic N) is 2. The number of esters is 1. The number of hydrogen-bond acceptors (Lipinski definition) is 4. The molecule has 0 bridgehead atoms. The summed E-state index contributed by atoms with van der Waals surface area (Å²) in [4.78, 5) is 26.4. The van der Waals surface area contributed by atoms with Crippen molar-refractivity contribution in [2.45, 2.75) is 6.92 Å². The van der Waals surface area contributed by atoms with E-state index in [4.69, 9.17) is 16.3 Å². The van der Waals surface area contributed by atoms with E-state index in [9.17, 15) is 9.59 Å². The summed E-state index contributed by atoms with van der Waals surface area (Å²) in [5, 5.41) is 0. The van der Waals surface area contributed by atoms with Crippen molar-refractivity contribution in [1.29, 1.82) is 0 Å². The number of carbonyl (C=O) groups is 2. The summed E-state index contributed by atoms with van der Waals surface area (Å²) in [6.45, 7) is 4.67. The Labute approximate surface area is 123 Å². The lowest BCUT2D eigenvalue weighted by atomic mass is 10.2. The number of rotatable bonds is 3. The summed E-state index contributed by atoms with van der Waals surface area (Å²) >= 11 is 5.38. The van der Waals surface area contributed by atoms with Crippen molar-refractivity contribution in [3.63, 3.8) is 0 Å². The predicted molar refractivity (Wildman–Crippen MR) is 77.3 cm³/mol. The zero-order valence-electron chi connectivity index (χ0n) is 11.3. The first-order valence-corrected chi connectivity index (χ1v) is 7.01. The van der Waals surface area contributed by atoms with Gasteiger partial charge in [0.25, 0.3) is 0 Å². The van der Waals surface area contributed by atoms with Gasteiger partial charge < -0.3 is 14.5 Å². The third-order valence-electron chi connectivity index (χ3n) is 3.27. The third kappa shape index (κ3) is 3.63. The van der Waals surface area contributed by atoms with Crippen molar-refractivity contribution in [2.24, 2.45) is 0 Å². The molecule has 0 aromatic heterocycles. The molecule has 2 rings (SSSR count). The van der Waals surface area contributed by atoms with E-state index in [-0.39, 0.29) is 11.8 Å². The Morgan fingerprint density at radius 1 is 1.15 bits per heavy atom. The molecule has 0 radical (unpaired) electrons. The van der Waals surface area contributed by atoms with Crippen molar-refractivity contribution < 1.29 is 14.3 Å². The monoisotopic (exact) mass is 296 g/mol. The third-order valence-corrected chi connectivity index (χ3v) is 3.49. The second-order valence-electron chi connectivity index (χ2n) is 4.59. The van der Waals surface area contributed by atoms with Gasteiger partial charge in [0, 0.05) is 38.8 Å². The van der Waals surface area contributed by atoms with Gasteiger partial charge >= 0.3 is 5.97 Å². The Bertz CT molecular complexity index is 482. The second-order valence-corrected chi connectivity index (χ2v) is 4.86. The molecule has 0 saturated carbocycles. The minimum absolute atomic E-state index is 0.119. The summed E-state index contributed by atoms with van der Waals surface area (Å²) in [5.41, 5.74) is 1.05. The molecular weight excluding hydrogens is 280 g/mol. The maximum Gasteiger partial charge on any atom is 0.326 e. The van der Waals surface area contributed by atoms with Crippen LogP contribution >= 0.6 is 11.6 Å². The van der Waals surface area contributed by atoms with Crippen LogP contribution in [0.25, 0.3) is 0 Å². The highest BCUT2D eigenvalue weighted by atomic mass is 35.5. The quantitative estimate of drug-likeness (QED) is 0.482. The highest BCUT2D eigenvalue weighted by molar-refractivity contribution is 6.26. The van der Waals surface area contributed by atoms with Gasteiger partial charge in [-0.3, -0.25) is 9.59 Å². The van der Waals surface area contributed by atoms with Gasteiger partial charge in [-0.15, -0.1) is 11.6 Å². The van der Waals surface area contributed by atoms with Gasteiger partial charge in [-0.25, -0.2) is 0 Å². The topological polar surface area (TPSA) is 49.9 Å². The number of benzene rings is 1. The molecule has 0 aliphatic carbocycles. The summed E-state index contributed by atoms with van der Waals surface area (Å²) in [7, 11) is 0. The molecule has 1 heterocycles. The van der Waals surface area contributed by atoms with E-state index in [0.717, 1.165) is 31.9 Å². The van der Waals surface area contributed by atoms with Crippen molar-refractivity contribution in [3.8, 4) is 5.75 Å². The Balaban J connectivity index is 1.94. The van der Waals surface area contributed by atoms with Crippen LogP contribution in [0.3, 0.4) is 0 Å². The molecule has 0 N–H and O–H groups in total.